The summed E-state index contributed by atoms with van der Waals surface area (Å²) in [6.07, 6.45) is -3.87. The molecule has 0 amide bonds. The zero-order valence-corrected chi connectivity index (χ0v) is 11.4. The fourth-order valence-electron chi connectivity index (χ4n) is 1.43. The predicted molar refractivity (Wildman–Crippen MR) is 65.3 cm³/mol. The van der Waals surface area contributed by atoms with Crippen LogP contribution in [0.1, 0.15) is 12.8 Å². The lowest BCUT2D eigenvalue weighted by Crippen LogP contribution is -2.47. The van der Waals surface area contributed by atoms with Crippen LogP contribution in [0.25, 0.3) is 0 Å². The molecular weight excluding hydrogens is 314 g/mol. The summed E-state index contributed by atoms with van der Waals surface area (Å²) in [5.74, 6) is -4.59. The zero-order valence-electron chi connectivity index (χ0n) is 10.5. The van der Waals surface area contributed by atoms with Crippen molar-refractivity contribution in [2.24, 2.45) is 0 Å². The van der Waals surface area contributed by atoms with Crippen LogP contribution >= 0.6 is 0 Å². The van der Waals surface area contributed by atoms with Gasteiger partial charge in [0.15, 0.2) is 0 Å². The summed E-state index contributed by atoms with van der Waals surface area (Å²) >= 11 is 0. The predicted octanol–water partition coefficient (Wildman–Crippen LogP) is -2.40. The van der Waals surface area contributed by atoms with Crippen LogP contribution in [-0.4, -0.2) is 75.2 Å². The summed E-state index contributed by atoms with van der Waals surface area (Å²) in [5, 5.41) is 35.2. The molecule has 11 nitrogen and oxygen atoms in total. The van der Waals surface area contributed by atoms with Crippen molar-refractivity contribution in [2.75, 3.05) is 6.54 Å². The first-order chi connectivity index (χ1) is 9.45. The molecule has 0 aromatic carbocycles. The molecule has 0 aliphatic heterocycles. The molecule has 0 rings (SSSR count). The Balaban J connectivity index is 4.82. The molecule has 6 N–H and O–H groups in total. The van der Waals surface area contributed by atoms with Gasteiger partial charge in [-0.25, -0.2) is 0 Å². The summed E-state index contributed by atoms with van der Waals surface area (Å²) in [6.45, 7) is -0.734. The molecular formula is C9H15NO10S. The van der Waals surface area contributed by atoms with Crippen molar-refractivity contribution in [3.05, 3.63) is 0 Å². The number of rotatable bonds is 10. The fourth-order valence-corrected chi connectivity index (χ4v) is 2.27. The van der Waals surface area contributed by atoms with E-state index in [1.807, 2.05) is 0 Å². The van der Waals surface area contributed by atoms with Gasteiger partial charge in [0.2, 0.25) is 0 Å². The van der Waals surface area contributed by atoms with Gasteiger partial charge in [0.25, 0.3) is 10.1 Å². The Kier molecular flexibility index (Phi) is 7.21. The Morgan fingerprint density at radius 1 is 1.00 bits per heavy atom. The number of nitrogens with one attached hydrogen (secondary N) is 1. The zero-order chi connectivity index (χ0) is 16.8. The minimum absolute atomic E-state index is 0.734. The summed E-state index contributed by atoms with van der Waals surface area (Å²) in [6, 6.07) is -1.61. The molecule has 0 heterocycles. The second-order valence-electron chi connectivity index (χ2n) is 4.12. The van der Waals surface area contributed by atoms with Crippen LogP contribution in [0.4, 0.5) is 0 Å². The van der Waals surface area contributed by atoms with Gasteiger partial charge in [0, 0.05) is 6.54 Å². The second kappa shape index (κ2) is 7.87. The van der Waals surface area contributed by atoms with E-state index in [2.05, 4.69) is 5.32 Å². The highest BCUT2D eigenvalue weighted by molar-refractivity contribution is 7.86. The number of carboxylic acids is 3. The lowest BCUT2D eigenvalue weighted by Gasteiger charge is -2.21. The molecule has 0 saturated carbocycles. The normalized spacial score (nSPS) is 15.9. The van der Waals surface area contributed by atoms with E-state index in [0.717, 1.165) is 0 Å². The molecule has 0 bridgehead atoms. The van der Waals surface area contributed by atoms with Gasteiger partial charge >= 0.3 is 17.9 Å². The van der Waals surface area contributed by atoms with Gasteiger partial charge in [-0.1, -0.05) is 0 Å². The maximum Gasteiger partial charge on any atom is 0.321 e. The van der Waals surface area contributed by atoms with Crippen LogP contribution in [0, 0.1) is 0 Å². The topological polar surface area (TPSA) is 199 Å². The molecule has 0 saturated heterocycles. The summed E-state index contributed by atoms with van der Waals surface area (Å²) < 4.78 is 30.7. The molecule has 2 unspecified atom stereocenters. The second-order valence-corrected chi connectivity index (χ2v) is 5.75. The highest BCUT2D eigenvalue weighted by Gasteiger charge is 2.34. The van der Waals surface area contributed by atoms with Gasteiger partial charge in [0.05, 0.1) is 18.9 Å². The Morgan fingerprint density at radius 3 is 1.81 bits per heavy atom. The maximum atomic E-state index is 11.0. The summed E-state index contributed by atoms with van der Waals surface area (Å²) in [5.41, 5.74) is 0. The molecule has 0 aromatic heterocycles. The van der Waals surface area contributed by atoms with E-state index in [9.17, 15) is 27.9 Å². The van der Waals surface area contributed by atoms with Crippen molar-refractivity contribution in [1.29, 1.82) is 0 Å². The first-order valence-corrected chi connectivity index (χ1v) is 6.99. The Bertz CT molecular complexity index is 501. The van der Waals surface area contributed by atoms with Crippen molar-refractivity contribution < 1.29 is 47.8 Å². The minimum atomic E-state index is -4.88. The quantitative estimate of drug-likeness (QED) is 0.233. The smallest absolute Gasteiger partial charge is 0.321 e. The van der Waals surface area contributed by atoms with Crippen molar-refractivity contribution in [2.45, 2.75) is 30.2 Å². The molecule has 3 atom stereocenters. The Labute approximate surface area is 118 Å². The first kappa shape index (κ1) is 19.2. The average molecular weight is 329 g/mol. The lowest BCUT2D eigenvalue weighted by molar-refractivity contribution is -0.146. The minimum Gasteiger partial charge on any atom is -0.481 e. The standard InChI is InChI=1S/C9H15NO10S/c11-5(6(2-8(14)15)21(18,19)20)3-10-4(9(16)17)1-7(12)13/h4-6,10-11H,1-3H2,(H,12,13)(H,14,15)(H,16,17)(H,18,19,20)/t4-,5?,6?/m0/s1. The maximum absolute atomic E-state index is 11.0. The number of carboxylic acid groups (broad SMARTS) is 3. The number of hydrogen-bond donors (Lipinski definition) is 6. The molecule has 0 aliphatic carbocycles. The van der Waals surface area contributed by atoms with Gasteiger partial charge < -0.3 is 25.7 Å². The monoisotopic (exact) mass is 329 g/mol. The Morgan fingerprint density at radius 2 is 1.48 bits per heavy atom. The summed E-state index contributed by atoms with van der Waals surface area (Å²) in [7, 11) is -4.88. The van der Waals surface area contributed by atoms with Crippen LogP contribution in [0.3, 0.4) is 0 Å². The van der Waals surface area contributed by atoms with E-state index in [-0.39, 0.29) is 0 Å². The molecule has 21 heavy (non-hydrogen) atoms. The third-order valence-corrected chi connectivity index (χ3v) is 3.68. The number of hydrogen-bond acceptors (Lipinski definition) is 7. The molecule has 0 aromatic rings. The molecule has 0 spiro atoms. The van der Waals surface area contributed by atoms with Gasteiger partial charge in [-0.05, 0) is 0 Å². The van der Waals surface area contributed by atoms with E-state index >= 15 is 0 Å². The highest BCUT2D eigenvalue weighted by atomic mass is 32.2. The number of aliphatic carboxylic acids is 3. The first-order valence-electron chi connectivity index (χ1n) is 5.49. The van der Waals surface area contributed by atoms with Crippen molar-refractivity contribution in [3.63, 3.8) is 0 Å². The largest absolute Gasteiger partial charge is 0.481 e. The van der Waals surface area contributed by atoms with Gasteiger partial charge in [-0.3, -0.25) is 18.9 Å². The van der Waals surface area contributed by atoms with E-state index in [0.29, 0.717) is 0 Å². The molecule has 122 valence electrons. The number of aliphatic hydroxyl groups is 1. The van der Waals surface area contributed by atoms with Crippen LogP contribution in [-0.2, 0) is 24.5 Å². The van der Waals surface area contributed by atoms with E-state index in [4.69, 9.17) is 19.9 Å². The average Bonchev–Trinajstić information content (AvgIpc) is 2.28. The third-order valence-electron chi connectivity index (χ3n) is 2.44. The fraction of sp³-hybridized carbons (Fsp3) is 0.667. The van der Waals surface area contributed by atoms with E-state index in [1.165, 1.54) is 0 Å². The Hall–Kier alpha value is -1.76. The highest BCUT2D eigenvalue weighted by Crippen LogP contribution is 2.10. The van der Waals surface area contributed by atoms with Crippen molar-refractivity contribution >= 4 is 28.0 Å². The number of carbonyl (C=O) groups is 3. The third kappa shape index (κ3) is 7.55. The van der Waals surface area contributed by atoms with Gasteiger partial charge in [-0.15, -0.1) is 0 Å². The van der Waals surface area contributed by atoms with Crippen LogP contribution in [0.5, 0.6) is 0 Å². The van der Waals surface area contributed by atoms with Crippen LogP contribution in [0.2, 0.25) is 0 Å². The molecule has 0 fully saturated rings. The summed E-state index contributed by atoms with van der Waals surface area (Å²) in [4.78, 5) is 31.6. The van der Waals surface area contributed by atoms with Crippen LogP contribution < -0.4 is 5.32 Å². The van der Waals surface area contributed by atoms with E-state index in [1.54, 1.807) is 0 Å². The number of aliphatic hydroxyl groups excluding tert-OH is 1. The van der Waals surface area contributed by atoms with Crippen molar-refractivity contribution in [1.82, 2.24) is 5.32 Å². The molecule has 12 heteroatoms. The molecule has 0 radical (unpaired) electrons. The SMILES string of the molecule is O=C(O)CC(C(O)CN[C@@H](CC(=O)O)C(=O)O)S(=O)(=O)O. The van der Waals surface area contributed by atoms with Gasteiger partial charge in [0.1, 0.15) is 11.3 Å². The van der Waals surface area contributed by atoms with Crippen molar-refractivity contribution in [3.8, 4) is 0 Å². The van der Waals surface area contributed by atoms with Gasteiger partial charge in [-0.2, -0.15) is 8.42 Å². The lowest BCUT2D eigenvalue weighted by atomic mass is 10.1. The van der Waals surface area contributed by atoms with E-state index < -0.39 is 64.8 Å². The molecule has 0 aliphatic rings. The van der Waals surface area contributed by atoms with Crippen LogP contribution in [0.15, 0.2) is 0 Å².